The Bertz CT molecular complexity index is 573. The third-order valence-electron chi connectivity index (χ3n) is 2.91. The summed E-state index contributed by atoms with van der Waals surface area (Å²) in [5.74, 6) is 0.654. The molecule has 2 aromatic rings. The van der Waals surface area contributed by atoms with Gasteiger partial charge in [-0.25, -0.2) is 0 Å². The lowest BCUT2D eigenvalue weighted by atomic mass is 10.2. The molecule has 1 aromatic carbocycles. The molecular weight excluding hydrogens is 266 g/mol. The molecule has 0 aliphatic rings. The predicted octanol–water partition coefficient (Wildman–Crippen LogP) is 1.79. The summed E-state index contributed by atoms with van der Waals surface area (Å²) in [7, 11) is 0. The molecule has 0 aliphatic carbocycles. The summed E-state index contributed by atoms with van der Waals surface area (Å²) >= 11 is 0. The molecule has 0 saturated carbocycles. The van der Waals surface area contributed by atoms with Crippen LogP contribution in [0, 0.1) is 0 Å². The van der Waals surface area contributed by atoms with Crippen molar-refractivity contribution in [2.75, 3.05) is 18.9 Å². The van der Waals surface area contributed by atoms with Crippen LogP contribution in [0.4, 0.5) is 5.69 Å². The fraction of sp³-hybridized carbons (Fsp3) is 0.250. The van der Waals surface area contributed by atoms with Gasteiger partial charge in [0.2, 0.25) is 5.91 Å². The van der Waals surface area contributed by atoms with Gasteiger partial charge in [-0.1, -0.05) is 12.1 Å². The normalized spacial score (nSPS) is 10.1. The number of ether oxygens (including phenoxy) is 1. The van der Waals surface area contributed by atoms with Crippen molar-refractivity contribution in [3.63, 3.8) is 0 Å². The Hall–Kier alpha value is -2.56. The number of benzene rings is 1. The molecule has 5 nitrogen and oxygen atoms in total. The maximum Gasteiger partial charge on any atom is 0.223 e. The second-order valence-electron chi connectivity index (χ2n) is 4.63. The minimum absolute atomic E-state index is 0.0252. The SMILES string of the molecule is Nc1cccc(OCCC(=O)NCCc2cccnc2)c1. The fourth-order valence-corrected chi connectivity index (χ4v) is 1.85. The van der Waals surface area contributed by atoms with Crippen molar-refractivity contribution < 1.29 is 9.53 Å². The average Bonchev–Trinajstić information content (AvgIpc) is 2.48. The van der Waals surface area contributed by atoms with Crippen molar-refractivity contribution in [2.45, 2.75) is 12.8 Å². The molecule has 110 valence electrons. The second-order valence-corrected chi connectivity index (χ2v) is 4.63. The molecule has 0 aliphatic heterocycles. The van der Waals surface area contributed by atoms with Gasteiger partial charge in [0.25, 0.3) is 0 Å². The average molecular weight is 285 g/mol. The van der Waals surface area contributed by atoms with Crippen LogP contribution in [0.25, 0.3) is 0 Å². The summed E-state index contributed by atoms with van der Waals surface area (Å²) < 4.78 is 5.47. The van der Waals surface area contributed by atoms with Crippen LogP contribution < -0.4 is 15.8 Å². The lowest BCUT2D eigenvalue weighted by Gasteiger charge is -2.07. The van der Waals surface area contributed by atoms with E-state index in [9.17, 15) is 4.79 Å². The first-order chi connectivity index (χ1) is 10.2. The number of nitrogen functional groups attached to an aromatic ring is 1. The highest BCUT2D eigenvalue weighted by atomic mass is 16.5. The van der Waals surface area contributed by atoms with Gasteiger partial charge in [0.1, 0.15) is 5.75 Å². The van der Waals surface area contributed by atoms with Crippen LogP contribution in [0.1, 0.15) is 12.0 Å². The number of carbonyl (C=O) groups excluding carboxylic acids is 1. The van der Waals surface area contributed by atoms with E-state index < -0.39 is 0 Å². The van der Waals surface area contributed by atoms with E-state index >= 15 is 0 Å². The summed E-state index contributed by atoms with van der Waals surface area (Å²) in [5.41, 5.74) is 7.40. The standard InChI is InChI=1S/C16H19N3O2/c17-14-4-1-5-15(11-14)21-10-7-16(20)19-9-6-13-3-2-8-18-12-13/h1-5,8,11-12H,6-7,9-10,17H2,(H,19,20). The molecule has 0 atom stereocenters. The number of amides is 1. The van der Waals surface area contributed by atoms with Gasteiger partial charge in [0.15, 0.2) is 0 Å². The Morgan fingerprint density at radius 1 is 1.29 bits per heavy atom. The van der Waals surface area contributed by atoms with E-state index in [1.807, 2.05) is 24.3 Å². The van der Waals surface area contributed by atoms with Gasteiger partial charge in [-0.05, 0) is 30.2 Å². The monoisotopic (exact) mass is 285 g/mol. The van der Waals surface area contributed by atoms with Crippen molar-refractivity contribution in [3.8, 4) is 5.75 Å². The fourth-order valence-electron chi connectivity index (χ4n) is 1.85. The van der Waals surface area contributed by atoms with Gasteiger partial charge >= 0.3 is 0 Å². The summed E-state index contributed by atoms with van der Waals surface area (Å²) in [4.78, 5) is 15.7. The van der Waals surface area contributed by atoms with Crippen molar-refractivity contribution in [1.82, 2.24) is 10.3 Å². The maximum atomic E-state index is 11.7. The Balaban J connectivity index is 1.61. The number of anilines is 1. The first kappa shape index (κ1) is 14.8. The Morgan fingerprint density at radius 2 is 2.19 bits per heavy atom. The third-order valence-corrected chi connectivity index (χ3v) is 2.91. The maximum absolute atomic E-state index is 11.7. The number of pyridine rings is 1. The molecule has 0 spiro atoms. The van der Waals surface area contributed by atoms with E-state index in [0.717, 1.165) is 12.0 Å². The van der Waals surface area contributed by atoms with Gasteiger partial charge in [0.05, 0.1) is 13.0 Å². The molecule has 0 saturated heterocycles. The highest BCUT2D eigenvalue weighted by molar-refractivity contribution is 5.75. The molecule has 1 aromatic heterocycles. The molecular formula is C16H19N3O2. The van der Waals surface area contributed by atoms with E-state index in [2.05, 4.69) is 10.3 Å². The lowest BCUT2D eigenvalue weighted by Crippen LogP contribution is -2.27. The molecule has 2 rings (SSSR count). The molecule has 1 amide bonds. The summed E-state index contributed by atoms with van der Waals surface area (Å²) in [5, 5.41) is 2.86. The van der Waals surface area contributed by atoms with E-state index in [1.54, 1.807) is 24.5 Å². The predicted molar refractivity (Wildman–Crippen MR) is 81.9 cm³/mol. The molecule has 0 unspecified atom stereocenters. The number of nitrogens with two attached hydrogens (primary N) is 1. The number of aromatic nitrogens is 1. The van der Waals surface area contributed by atoms with Crippen molar-refractivity contribution >= 4 is 11.6 Å². The number of nitrogens with one attached hydrogen (secondary N) is 1. The highest BCUT2D eigenvalue weighted by Gasteiger charge is 2.02. The van der Waals surface area contributed by atoms with Gasteiger partial charge in [0, 0.05) is 30.7 Å². The number of hydrogen-bond donors (Lipinski definition) is 2. The first-order valence-corrected chi connectivity index (χ1v) is 6.88. The Labute approximate surface area is 124 Å². The highest BCUT2D eigenvalue weighted by Crippen LogP contribution is 2.14. The van der Waals surface area contributed by atoms with E-state index in [-0.39, 0.29) is 5.91 Å². The zero-order valence-electron chi connectivity index (χ0n) is 11.8. The van der Waals surface area contributed by atoms with Crippen LogP contribution in [0.2, 0.25) is 0 Å². The molecule has 1 heterocycles. The summed E-state index contributed by atoms with van der Waals surface area (Å²) in [6.45, 7) is 0.936. The zero-order valence-corrected chi connectivity index (χ0v) is 11.8. The summed E-state index contributed by atoms with van der Waals surface area (Å²) in [6, 6.07) is 11.0. The smallest absolute Gasteiger partial charge is 0.223 e. The van der Waals surface area contributed by atoms with E-state index in [4.69, 9.17) is 10.5 Å². The van der Waals surface area contributed by atoms with E-state index in [1.165, 1.54) is 0 Å². The van der Waals surface area contributed by atoms with Crippen LogP contribution in [0.3, 0.4) is 0 Å². The Morgan fingerprint density at radius 3 is 2.95 bits per heavy atom. The lowest BCUT2D eigenvalue weighted by molar-refractivity contribution is -0.121. The van der Waals surface area contributed by atoms with E-state index in [0.29, 0.717) is 31.0 Å². The van der Waals surface area contributed by atoms with Crippen LogP contribution in [0.5, 0.6) is 5.75 Å². The quantitative estimate of drug-likeness (QED) is 0.760. The van der Waals surface area contributed by atoms with Crippen molar-refractivity contribution in [3.05, 3.63) is 54.4 Å². The molecule has 21 heavy (non-hydrogen) atoms. The van der Waals surface area contributed by atoms with Crippen LogP contribution in [0.15, 0.2) is 48.8 Å². The third kappa shape index (κ3) is 5.52. The van der Waals surface area contributed by atoms with Gasteiger partial charge in [-0.3, -0.25) is 9.78 Å². The minimum Gasteiger partial charge on any atom is -0.493 e. The van der Waals surface area contributed by atoms with Gasteiger partial charge in [-0.2, -0.15) is 0 Å². The Kier molecular flexibility index (Phi) is 5.58. The minimum atomic E-state index is -0.0252. The van der Waals surface area contributed by atoms with Crippen molar-refractivity contribution in [1.29, 1.82) is 0 Å². The molecule has 5 heteroatoms. The van der Waals surface area contributed by atoms with Crippen molar-refractivity contribution in [2.24, 2.45) is 0 Å². The topological polar surface area (TPSA) is 77.2 Å². The molecule has 0 radical (unpaired) electrons. The zero-order chi connectivity index (χ0) is 14.9. The van der Waals surface area contributed by atoms with Gasteiger partial charge in [-0.15, -0.1) is 0 Å². The number of carbonyl (C=O) groups is 1. The van der Waals surface area contributed by atoms with Crippen LogP contribution in [-0.2, 0) is 11.2 Å². The summed E-state index contributed by atoms with van der Waals surface area (Å²) in [6.07, 6.45) is 4.63. The van der Waals surface area contributed by atoms with Gasteiger partial charge < -0.3 is 15.8 Å². The van der Waals surface area contributed by atoms with Crippen LogP contribution >= 0.6 is 0 Å². The number of hydrogen-bond acceptors (Lipinski definition) is 4. The molecule has 3 N–H and O–H groups in total. The second kappa shape index (κ2) is 7.89. The molecule has 0 fully saturated rings. The molecule has 0 bridgehead atoms. The largest absolute Gasteiger partial charge is 0.493 e. The first-order valence-electron chi connectivity index (χ1n) is 6.88. The van der Waals surface area contributed by atoms with Crippen LogP contribution in [-0.4, -0.2) is 24.0 Å². The number of nitrogens with zero attached hydrogens (tertiary/aromatic N) is 1. The number of rotatable bonds is 7.